The maximum absolute atomic E-state index is 6.35. The third-order valence-electron chi connectivity index (χ3n) is 3.90. The molecule has 0 bridgehead atoms. The van der Waals surface area contributed by atoms with Crippen LogP contribution >= 0.6 is 11.6 Å². The van der Waals surface area contributed by atoms with Gasteiger partial charge in [-0.15, -0.1) is 0 Å². The van der Waals surface area contributed by atoms with Crippen LogP contribution in [0.25, 0.3) is 0 Å². The van der Waals surface area contributed by atoms with E-state index in [1.807, 2.05) is 12.1 Å². The number of hydrogen-bond donors (Lipinski definition) is 1. The zero-order chi connectivity index (χ0) is 13.9. The van der Waals surface area contributed by atoms with Crippen LogP contribution < -0.4 is 10.1 Å². The molecule has 2 unspecified atom stereocenters. The van der Waals surface area contributed by atoms with Crippen molar-refractivity contribution >= 4 is 11.6 Å². The Morgan fingerprint density at radius 2 is 2.35 bits per heavy atom. The van der Waals surface area contributed by atoms with E-state index in [9.17, 15) is 0 Å². The van der Waals surface area contributed by atoms with Gasteiger partial charge in [0.2, 0.25) is 0 Å². The lowest BCUT2D eigenvalue weighted by molar-refractivity contribution is 0.0276. The molecule has 110 valence electrons. The molecule has 1 N–H and O–H groups in total. The number of rotatable bonds is 3. The molecule has 2 aliphatic rings. The summed E-state index contributed by atoms with van der Waals surface area (Å²) >= 11 is 6.35. The summed E-state index contributed by atoms with van der Waals surface area (Å²) in [5.74, 6) is 0.777. The Balaban J connectivity index is 1.67. The van der Waals surface area contributed by atoms with Gasteiger partial charge in [0, 0.05) is 26.2 Å². The van der Waals surface area contributed by atoms with Gasteiger partial charge in [0.25, 0.3) is 0 Å². The van der Waals surface area contributed by atoms with Gasteiger partial charge in [-0.3, -0.25) is 0 Å². The highest BCUT2D eigenvalue weighted by Crippen LogP contribution is 2.31. The number of nitrogens with zero attached hydrogens (tertiary/aromatic N) is 1. The van der Waals surface area contributed by atoms with Crippen molar-refractivity contribution in [2.75, 3.05) is 39.8 Å². The second kappa shape index (κ2) is 6.31. The first-order chi connectivity index (χ1) is 9.72. The van der Waals surface area contributed by atoms with Crippen molar-refractivity contribution in [3.63, 3.8) is 0 Å². The van der Waals surface area contributed by atoms with Gasteiger partial charge in [-0.1, -0.05) is 17.7 Å². The van der Waals surface area contributed by atoms with Gasteiger partial charge in [0.05, 0.1) is 17.7 Å². The first-order valence-corrected chi connectivity index (χ1v) is 7.57. The molecule has 0 amide bonds. The number of ether oxygens (including phenoxy) is 2. The predicted molar refractivity (Wildman–Crippen MR) is 79.5 cm³/mol. The summed E-state index contributed by atoms with van der Waals surface area (Å²) in [4.78, 5) is 2.27. The molecule has 0 saturated carbocycles. The van der Waals surface area contributed by atoms with Crippen molar-refractivity contribution in [2.45, 2.75) is 18.6 Å². The van der Waals surface area contributed by atoms with Gasteiger partial charge >= 0.3 is 0 Å². The molecule has 1 aromatic carbocycles. The molecule has 0 spiro atoms. The van der Waals surface area contributed by atoms with E-state index in [2.05, 4.69) is 23.3 Å². The summed E-state index contributed by atoms with van der Waals surface area (Å²) in [6.45, 7) is 4.55. The quantitative estimate of drug-likeness (QED) is 0.926. The highest BCUT2D eigenvalue weighted by Gasteiger charge is 2.22. The molecular weight excluding hydrogens is 276 g/mol. The van der Waals surface area contributed by atoms with Crippen LogP contribution in [0, 0.1) is 0 Å². The Kier molecular flexibility index (Phi) is 4.46. The van der Waals surface area contributed by atoms with E-state index in [1.54, 1.807) is 0 Å². The van der Waals surface area contributed by atoms with Gasteiger partial charge in [0.1, 0.15) is 11.9 Å². The van der Waals surface area contributed by atoms with Crippen LogP contribution in [0.3, 0.4) is 0 Å². The SMILES string of the molecule is CN1CCC(Oc2ccc(C3CNCCO3)cc2Cl)C1. The number of hydrogen-bond acceptors (Lipinski definition) is 4. The summed E-state index contributed by atoms with van der Waals surface area (Å²) in [5.41, 5.74) is 1.11. The summed E-state index contributed by atoms with van der Waals surface area (Å²) in [6, 6.07) is 5.98. The van der Waals surface area contributed by atoms with Crippen molar-refractivity contribution in [1.82, 2.24) is 10.2 Å². The van der Waals surface area contributed by atoms with E-state index < -0.39 is 0 Å². The number of benzene rings is 1. The lowest BCUT2D eigenvalue weighted by atomic mass is 10.1. The van der Waals surface area contributed by atoms with E-state index >= 15 is 0 Å². The molecular formula is C15H21ClN2O2. The molecule has 2 atom stereocenters. The minimum Gasteiger partial charge on any atom is -0.487 e. The monoisotopic (exact) mass is 296 g/mol. The third kappa shape index (κ3) is 3.26. The van der Waals surface area contributed by atoms with E-state index in [4.69, 9.17) is 21.1 Å². The van der Waals surface area contributed by atoms with Crippen molar-refractivity contribution in [2.24, 2.45) is 0 Å². The second-order valence-corrected chi connectivity index (χ2v) is 5.95. The summed E-state index contributed by atoms with van der Waals surface area (Å²) in [6.07, 6.45) is 1.40. The van der Waals surface area contributed by atoms with Crippen LogP contribution in [0.5, 0.6) is 5.75 Å². The number of nitrogens with one attached hydrogen (secondary N) is 1. The summed E-state index contributed by atoms with van der Waals surface area (Å²) < 4.78 is 11.7. The molecule has 2 aliphatic heterocycles. The minimum absolute atomic E-state index is 0.0907. The van der Waals surface area contributed by atoms with E-state index in [0.29, 0.717) is 5.02 Å². The Bertz CT molecular complexity index is 463. The fourth-order valence-electron chi connectivity index (χ4n) is 2.76. The Hall–Kier alpha value is -0.810. The van der Waals surface area contributed by atoms with Gasteiger partial charge in [-0.05, 0) is 31.2 Å². The molecule has 5 heteroatoms. The highest BCUT2D eigenvalue weighted by molar-refractivity contribution is 6.32. The molecule has 0 aromatic heterocycles. The first kappa shape index (κ1) is 14.1. The minimum atomic E-state index is 0.0907. The number of halogens is 1. The molecule has 0 aliphatic carbocycles. The highest BCUT2D eigenvalue weighted by atomic mass is 35.5. The first-order valence-electron chi connectivity index (χ1n) is 7.19. The average molecular weight is 297 g/mol. The Labute approximate surface area is 125 Å². The lowest BCUT2D eigenvalue weighted by Crippen LogP contribution is -2.33. The van der Waals surface area contributed by atoms with Crippen LogP contribution in [-0.2, 0) is 4.74 Å². The van der Waals surface area contributed by atoms with Crippen molar-refractivity contribution in [1.29, 1.82) is 0 Å². The van der Waals surface area contributed by atoms with Gasteiger partial charge in [-0.25, -0.2) is 0 Å². The van der Waals surface area contributed by atoms with Crippen LogP contribution in [-0.4, -0.2) is 50.8 Å². The van der Waals surface area contributed by atoms with Crippen LogP contribution in [0.4, 0.5) is 0 Å². The zero-order valence-corrected chi connectivity index (χ0v) is 12.5. The maximum atomic E-state index is 6.35. The van der Waals surface area contributed by atoms with Crippen LogP contribution in [0.15, 0.2) is 18.2 Å². The fraction of sp³-hybridized carbons (Fsp3) is 0.600. The molecule has 2 heterocycles. The Morgan fingerprint density at radius 3 is 3.00 bits per heavy atom. The zero-order valence-electron chi connectivity index (χ0n) is 11.8. The number of morpholine rings is 1. The molecule has 2 fully saturated rings. The molecule has 4 nitrogen and oxygen atoms in total. The van der Waals surface area contributed by atoms with E-state index in [-0.39, 0.29) is 12.2 Å². The largest absolute Gasteiger partial charge is 0.487 e. The standard InChI is InChI=1S/C15H21ClN2O2/c1-18-6-4-12(10-18)20-14-3-2-11(8-13(14)16)15-9-17-5-7-19-15/h2-3,8,12,15,17H,4-7,9-10H2,1H3. The molecule has 1 aromatic rings. The fourth-order valence-corrected chi connectivity index (χ4v) is 3.00. The topological polar surface area (TPSA) is 33.7 Å². The van der Waals surface area contributed by atoms with E-state index in [0.717, 1.165) is 50.5 Å². The van der Waals surface area contributed by atoms with Crippen molar-refractivity contribution in [3.8, 4) is 5.75 Å². The molecule has 0 radical (unpaired) electrons. The van der Waals surface area contributed by atoms with Gasteiger partial charge in [-0.2, -0.15) is 0 Å². The number of likely N-dealkylation sites (N-methyl/N-ethyl adjacent to an activating group) is 1. The maximum Gasteiger partial charge on any atom is 0.138 e. The molecule has 20 heavy (non-hydrogen) atoms. The lowest BCUT2D eigenvalue weighted by Gasteiger charge is -2.24. The average Bonchev–Trinajstić information content (AvgIpc) is 2.87. The van der Waals surface area contributed by atoms with Gasteiger partial charge < -0.3 is 19.7 Å². The normalized spacial score (nSPS) is 27.7. The molecule has 3 rings (SSSR count). The number of likely N-dealkylation sites (tertiary alicyclic amines) is 1. The predicted octanol–water partition coefficient (Wildman–Crippen LogP) is 2.08. The van der Waals surface area contributed by atoms with Crippen LogP contribution in [0.1, 0.15) is 18.1 Å². The second-order valence-electron chi connectivity index (χ2n) is 5.54. The molecule has 2 saturated heterocycles. The van der Waals surface area contributed by atoms with Crippen molar-refractivity contribution in [3.05, 3.63) is 28.8 Å². The van der Waals surface area contributed by atoms with Crippen LogP contribution in [0.2, 0.25) is 5.02 Å². The third-order valence-corrected chi connectivity index (χ3v) is 4.19. The smallest absolute Gasteiger partial charge is 0.138 e. The van der Waals surface area contributed by atoms with Crippen molar-refractivity contribution < 1.29 is 9.47 Å². The summed E-state index contributed by atoms with van der Waals surface area (Å²) in [5, 5.41) is 4.00. The Morgan fingerprint density at radius 1 is 1.45 bits per heavy atom. The summed E-state index contributed by atoms with van der Waals surface area (Å²) in [7, 11) is 2.11. The van der Waals surface area contributed by atoms with Gasteiger partial charge in [0.15, 0.2) is 0 Å². The van der Waals surface area contributed by atoms with E-state index in [1.165, 1.54) is 0 Å².